The zero-order chi connectivity index (χ0) is 31.5. The molecule has 1 unspecified atom stereocenters. The molecule has 44 heavy (non-hydrogen) atoms. The van der Waals surface area contributed by atoms with Gasteiger partial charge in [0.05, 0.1) is 18.8 Å². The Bertz CT molecular complexity index is 1750. The summed E-state index contributed by atoms with van der Waals surface area (Å²) in [5, 5.41) is 0.906. The first-order chi connectivity index (χ1) is 21.1. The molecule has 0 aliphatic heterocycles. The van der Waals surface area contributed by atoms with Gasteiger partial charge in [-0.15, -0.1) is 0 Å². The smallest absolute Gasteiger partial charge is 0.255 e. The molecule has 0 radical (unpaired) electrons. The zero-order valence-corrected chi connectivity index (χ0v) is 24.5. The number of nitrogens with zero attached hydrogens (tertiary/aromatic N) is 3. The fourth-order valence-corrected chi connectivity index (χ4v) is 6.64. The zero-order valence-electron chi connectivity index (χ0n) is 23.7. The number of halogens is 5. The highest BCUT2D eigenvalue weighted by molar-refractivity contribution is 7.82. The number of likely N-dealkylation sites (N-methyl/N-ethyl adjacent to an activating group) is 1. The lowest BCUT2D eigenvalue weighted by Gasteiger charge is -2.27. The number of anilines is 1. The molecule has 1 fully saturated rings. The number of aromatic nitrogens is 2. The van der Waals surface area contributed by atoms with Crippen molar-refractivity contribution in [2.24, 2.45) is 0 Å². The molecule has 1 atom stereocenters. The van der Waals surface area contributed by atoms with Crippen molar-refractivity contribution < 1.29 is 31.0 Å². The lowest BCUT2D eigenvalue weighted by Crippen LogP contribution is -2.41. The second kappa shape index (κ2) is 13.3. The lowest BCUT2D eigenvalue weighted by atomic mass is 9.85. The molecule has 5 rings (SSSR count). The predicted octanol–water partition coefficient (Wildman–Crippen LogP) is 6.24. The van der Waals surface area contributed by atoms with Crippen LogP contribution in [-0.2, 0) is 22.3 Å². The first-order valence-electron chi connectivity index (χ1n) is 14.2. The molecule has 0 saturated heterocycles. The third-order valence-electron chi connectivity index (χ3n) is 7.86. The van der Waals surface area contributed by atoms with E-state index in [0.717, 1.165) is 35.6 Å². The minimum atomic E-state index is -2.92. The number of carbonyl (C=O) groups excluding carboxylic acids is 1. The monoisotopic (exact) mass is 632 g/mol. The van der Waals surface area contributed by atoms with Crippen LogP contribution < -0.4 is 10.5 Å². The largest absolute Gasteiger partial charge is 0.329 e. The number of carbonyl (C=O) groups is 1. The number of amides is 1. The van der Waals surface area contributed by atoms with Crippen molar-refractivity contribution in [3.05, 3.63) is 99.5 Å². The molecule has 7 nitrogen and oxygen atoms in total. The van der Waals surface area contributed by atoms with Crippen LogP contribution in [0.2, 0.25) is 0 Å². The Morgan fingerprint density at radius 3 is 2.27 bits per heavy atom. The van der Waals surface area contributed by atoms with E-state index >= 15 is 0 Å². The number of hydrogen-bond acceptors (Lipinski definition) is 4. The van der Waals surface area contributed by atoms with Gasteiger partial charge in [0.2, 0.25) is 11.7 Å². The SMILES string of the molecule is CCN(CC(=O)N(Cc1ccc(C2CCCCC2)cn1)c1ccc2c(=O)[nH]ccc2c1)S(=O)c1c(F)c(F)c(F)c(F)c1F. The quantitative estimate of drug-likeness (QED) is 0.134. The van der Waals surface area contributed by atoms with Crippen LogP contribution in [0.3, 0.4) is 0 Å². The summed E-state index contributed by atoms with van der Waals surface area (Å²) >= 11 is 0. The summed E-state index contributed by atoms with van der Waals surface area (Å²) in [6, 6.07) is 10.1. The Kier molecular flexibility index (Phi) is 9.54. The topological polar surface area (TPSA) is 86.4 Å². The van der Waals surface area contributed by atoms with Crippen LogP contribution in [0.4, 0.5) is 27.6 Å². The summed E-state index contributed by atoms with van der Waals surface area (Å²) in [5.74, 6) is -11.6. The molecule has 1 amide bonds. The van der Waals surface area contributed by atoms with Crippen LogP contribution in [0.25, 0.3) is 10.8 Å². The van der Waals surface area contributed by atoms with Crippen molar-refractivity contribution >= 4 is 33.4 Å². The average Bonchev–Trinajstić information content (AvgIpc) is 3.04. The van der Waals surface area contributed by atoms with E-state index < -0.39 is 57.4 Å². The van der Waals surface area contributed by atoms with Gasteiger partial charge in [-0.3, -0.25) is 14.6 Å². The van der Waals surface area contributed by atoms with Crippen LogP contribution in [-0.4, -0.2) is 37.5 Å². The Morgan fingerprint density at radius 1 is 0.955 bits per heavy atom. The standard InChI is InChI=1S/C31H29F5N4O3S/c1-2-39(44(43)30-28(35)26(33)25(32)27(34)29(30)36)17-24(41)40(22-10-11-23-19(14-22)12-13-37-31(23)42)16-21-9-8-20(15-38-21)18-6-4-3-5-7-18/h8-15,18H,2-7,16-17H2,1H3,(H,37,42). The van der Waals surface area contributed by atoms with E-state index in [-0.39, 0.29) is 18.6 Å². The Morgan fingerprint density at radius 2 is 1.64 bits per heavy atom. The maximum Gasteiger partial charge on any atom is 0.255 e. The van der Waals surface area contributed by atoms with Gasteiger partial charge in [0.15, 0.2) is 23.3 Å². The van der Waals surface area contributed by atoms with Crippen molar-refractivity contribution in [2.45, 2.75) is 56.4 Å². The Labute approximate surface area is 252 Å². The van der Waals surface area contributed by atoms with E-state index in [1.807, 2.05) is 6.07 Å². The molecule has 1 aliphatic rings. The van der Waals surface area contributed by atoms with Crippen LogP contribution in [0, 0.1) is 29.1 Å². The summed E-state index contributed by atoms with van der Waals surface area (Å²) in [6.07, 6.45) is 8.91. The summed E-state index contributed by atoms with van der Waals surface area (Å²) in [6.45, 7) is 0.448. The number of H-pyrrole nitrogens is 1. The first kappa shape index (κ1) is 31.5. The van der Waals surface area contributed by atoms with Gasteiger partial charge in [0.1, 0.15) is 15.9 Å². The number of rotatable bonds is 9. The molecule has 232 valence electrons. The number of benzene rings is 2. The van der Waals surface area contributed by atoms with E-state index in [9.17, 15) is 35.8 Å². The molecule has 0 bridgehead atoms. The molecule has 13 heteroatoms. The van der Waals surface area contributed by atoms with E-state index in [2.05, 4.69) is 9.97 Å². The number of pyridine rings is 2. The van der Waals surface area contributed by atoms with E-state index in [4.69, 9.17) is 0 Å². The molecule has 4 aromatic rings. The molecular formula is C31H29F5N4O3S. The van der Waals surface area contributed by atoms with Crippen molar-refractivity contribution in [3.63, 3.8) is 0 Å². The highest BCUT2D eigenvalue weighted by Crippen LogP contribution is 2.32. The number of fused-ring (bicyclic) bond motifs is 1. The summed E-state index contributed by atoms with van der Waals surface area (Å²) in [5.41, 5.74) is 1.64. The molecular weight excluding hydrogens is 603 g/mol. The summed E-state index contributed by atoms with van der Waals surface area (Å²) in [4.78, 5) is 32.9. The molecule has 1 saturated carbocycles. The molecule has 1 N–H and O–H groups in total. The first-order valence-corrected chi connectivity index (χ1v) is 15.3. The molecule has 1 aliphatic carbocycles. The molecule has 2 heterocycles. The fourth-order valence-electron chi connectivity index (χ4n) is 5.43. The number of nitrogens with one attached hydrogen (secondary N) is 1. The minimum Gasteiger partial charge on any atom is -0.329 e. The maximum absolute atomic E-state index is 14.5. The van der Waals surface area contributed by atoms with Gasteiger partial charge in [0, 0.05) is 30.0 Å². The van der Waals surface area contributed by atoms with Crippen molar-refractivity contribution in [1.29, 1.82) is 0 Å². The van der Waals surface area contributed by atoms with Crippen molar-refractivity contribution in [1.82, 2.24) is 14.3 Å². The van der Waals surface area contributed by atoms with Crippen molar-refractivity contribution in [3.8, 4) is 0 Å². The molecule has 2 aromatic heterocycles. The predicted molar refractivity (Wildman–Crippen MR) is 156 cm³/mol. The number of aromatic amines is 1. The third kappa shape index (κ3) is 6.29. The minimum absolute atomic E-state index is 0.0504. The average molecular weight is 633 g/mol. The highest BCUT2D eigenvalue weighted by atomic mass is 32.2. The Balaban J connectivity index is 1.47. The van der Waals surface area contributed by atoms with E-state index in [1.54, 1.807) is 30.5 Å². The third-order valence-corrected chi connectivity index (χ3v) is 9.42. The highest BCUT2D eigenvalue weighted by Gasteiger charge is 2.33. The van der Waals surface area contributed by atoms with Crippen molar-refractivity contribution in [2.75, 3.05) is 18.0 Å². The normalized spacial score (nSPS) is 14.7. The van der Waals surface area contributed by atoms with Crippen LogP contribution >= 0.6 is 0 Å². The fraction of sp³-hybridized carbons (Fsp3) is 0.323. The summed E-state index contributed by atoms with van der Waals surface area (Å²) in [7, 11) is -2.92. The summed E-state index contributed by atoms with van der Waals surface area (Å²) < 4.78 is 84.2. The van der Waals surface area contributed by atoms with Crippen LogP contribution in [0.15, 0.2) is 58.5 Å². The van der Waals surface area contributed by atoms with Crippen LogP contribution in [0.5, 0.6) is 0 Å². The van der Waals surface area contributed by atoms with Gasteiger partial charge in [0.25, 0.3) is 5.56 Å². The van der Waals surface area contributed by atoms with Gasteiger partial charge in [-0.05, 0) is 60.0 Å². The van der Waals surface area contributed by atoms with Gasteiger partial charge in [-0.1, -0.05) is 32.3 Å². The number of hydrogen-bond donors (Lipinski definition) is 1. The van der Waals surface area contributed by atoms with E-state index in [0.29, 0.717) is 28.1 Å². The van der Waals surface area contributed by atoms with E-state index in [1.165, 1.54) is 30.5 Å². The van der Waals surface area contributed by atoms with Gasteiger partial charge in [-0.25, -0.2) is 30.5 Å². The molecule has 2 aromatic carbocycles. The second-order valence-electron chi connectivity index (χ2n) is 10.6. The van der Waals surface area contributed by atoms with Crippen LogP contribution in [0.1, 0.15) is 56.2 Å². The van der Waals surface area contributed by atoms with Gasteiger partial charge in [-0.2, -0.15) is 0 Å². The Hall–Kier alpha value is -3.97. The van der Waals surface area contributed by atoms with Gasteiger partial charge < -0.3 is 9.88 Å². The second-order valence-corrected chi connectivity index (χ2v) is 12.0. The molecule has 0 spiro atoms. The maximum atomic E-state index is 14.5. The lowest BCUT2D eigenvalue weighted by molar-refractivity contribution is -0.118. The van der Waals surface area contributed by atoms with Gasteiger partial charge >= 0.3 is 0 Å².